The van der Waals surface area contributed by atoms with E-state index in [0.29, 0.717) is 24.2 Å². The van der Waals surface area contributed by atoms with Gasteiger partial charge in [-0.1, -0.05) is 0 Å². The lowest BCUT2D eigenvalue weighted by atomic mass is 9.93. The summed E-state index contributed by atoms with van der Waals surface area (Å²) < 4.78 is 0. The molecule has 0 spiro atoms. The summed E-state index contributed by atoms with van der Waals surface area (Å²) in [7, 11) is 0. The Morgan fingerprint density at radius 2 is 1.88 bits per heavy atom. The number of aromatic nitrogens is 4. The molecule has 0 saturated carbocycles. The van der Waals surface area contributed by atoms with Gasteiger partial charge in [-0.25, -0.2) is 14.8 Å². The first kappa shape index (κ1) is 16.3. The summed E-state index contributed by atoms with van der Waals surface area (Å²) in [6.45, 7) is 2.28. The van der Waals surface area contributed by atoms with Crippen LogP contribution >= 0.6 is 0 Å². The molecule has 3 aromatic heterocycles. The molecule has 4 rings (SSSR count). The minimum atomic E-state index is -0.962. The van der Waals surface area contributed by atoms with Crippen molar-refractivity contribution in [3.8, 4) is 11.3 Å². The minimum Gasteiger partial charge on any atom is -0.478 e. The zero-order chi connectivity index (χ0) is 17.9. The fraction of sp³-hybridized carbons (Fsp3) is 0.211. The molecular weight excluding hydrogens is 330 g/mol. The molecule has 7 heteroatoms. The molecule has 0 aliphatic carbocycles. The number of carbonyl (C=O) groups is 1. The number of hydrogen-bond acceptors (Lipinski definition) is 6. The van der Waals surface area contributed by atoms with Crippen LogP contribution < -0.4 is 0 Å². The fourth-order valence-electron chi connectivity index (χ4n) is 3.35. The smallest absolute Gasteiger partial charge is 0.338 e. The summed E-state index contributed by atoms with van der Waals surface area (Å²) >= 11 is 0. The van der Waals surface area contributed by atoms with Crippen LogP contribution in [0.4, 0.5) is 0 Å². The second kappa shape index (κ2) is 6.97. The van der Waals surface area contributed by atoms with Gasteiger partial charge in [-0.15, -0.1) is 0 Å². The molecule has 0 amide bonds. The van der Waals surface area contributed by atoms with Gasteiger partial charge >= 0.3 is 5.97 Å². The van der Waals surface area contributed by atoms with E-state index >= 15 is 0 Å². The number of carboxylic acids is 1. The van der Waals surface area contributed by atoms with Gasteiger partial charge in [-0.2, -0.15) is 0 Å². The Morgan fingerprint density at radius 1 is 1.12 bits per heavy atom. The number of nitrogens with zero attached hydrogens (tertiary/aromatic N) is 5. The second-order valence-electron chi connectivity index (χ2n) is 6.23. The van der Waals surface area contributed by atoms with Crippen LogP contribution in [-0.4, -0.2) is 42.5 Å². The fourth-order valence-corrected chi connectivity index (χ4v) is 3.35. The maximum absolute atomic E-state index is 11.9. The maximum Gasteiger partial charge on any atom is 0.338 e. The summed E-state index contributed by atoms with van der Waals surface area (Å²) in [6.07, 6.45) is 10.6. The van der Waals surface area contributed by atoms with Crippen LogP contribution in [0.5, 0.6) is 0 Å². The van der Waals surface area contributed by atoms with Gasteiger partial charge in [-0.3, -0.25) is 14.9 Å². The topological polar surface area (TPSA) is 92.1 Å². The zero-order valence-corrected chi connectivity index (χ0v) is 14.0. The molecule has 1 aliphatic heterocycles. The van der Waals surface area contributed by atoms with E-state index in [1.807, 2.05) is 12.1 Å². The van der Waals surface area contributed by atoms with Crippen molar-refractivity contribution in [3.05, 3.63) is 71.7 Å². The average Bonchev–Trinajstić information content (AvgIpc) is 2.68. The van der Waals surface area contributed by atoms with Gasteiger partial charge in [0, 0.05) is 56.2 Å². The molecule has 0 radical (unpaired) electrons. The quantitative estimate of drug-likeness (QED) is 0.773. The van der Waals surface area contributed by atoms with E-state index < -0.39 is 5.97 Å². The van der Waals surface area contributed by atoms with Crippen molar-refractivity contribution in [3.63, 3.8) is 0 Å². The third kappa shape index (κ3) is 3.16. The number of pyridine rings is 2. The average molecular weight is 347 g/mol. The molecule has 130 valence electrons. The Balaban J connectivity index is 1.67. The van der Waals surface area contributed by atoms with Crippen molar-refractivity contribution < 1.29 is 9.90 Å². The van der Waals surface area contributed by atoms with E-state index in [0.717, 1.165) is 24.2 Å². The SMILES string of the molecule is O=C(O)c1c(-c2cncnc2)ncc2c1CCN(Cc1ccncc1)C2. The summed E-state index contributed by atoms with van der Waals surface area (Å²) in [5.74, 6) is -0.962. The Hall–Kier alpha value is -3.19. The molecule has 1 aliphatic rings. The van der Waals surface area contributed by atoms with E-state index in [-0.39, 0.29) is 5.56 Å². The predicted molar refractivity (Wildman–Crippen MR) is 94.3 cm³/mol. The van der Waals surface area contributed by atoms with Crippen molar-refractivity contribution in [2.24, 2.45) is 0 Å². The van der Waals surface area contributed by atoms with Gasteiger partial charge in [0.15, 0.2) is 0 Å². The molecule has 1 N–H and O–H groups in total. The molecule has 0 atom stereocenters. The Kier molecular flexibility index (Phi) is 4.37. The highest BCUT2D eigenvalue weighted by Gasteiger charge is 2.26. The van der Waals surface area contributed by atoms with Crippen LogP contribution in [0.2, 0.25) is 0 Å². The highest BCUT2D eigenvalue weighted by atomic mass is 16.4. The minimum absolute atomic E-state index is 0.265. The Morgan fingerprint density at radius 3 is 2.62 bits per heavy atom. The second-order valence-corrected chi connectivity index (χ2v) is 6.23. The lowest BCUT2D eigenvalue weighted by Gasteiger charge is -2.29. The van der Waals surface area contributed by atoms with Gasteiger partial charge in [0.25, 0.3) is 0 Å². The summed E-state index contributed by atoms with van der Waals surface area (Å²) in [5.41, 5.74) is 4.32. The molecule has 0 bridgehead atoms. The first-order valence-electron chi connectivity index (χ1n) is 8.33. The molecule has 0 fully saturated rings. The van der Waals surface area contributed by atoms with Crippen molar-refractivity contribution in [2.75, 3.05) is 6.54 Å². The summed E-state index contributed by atoms with van der Waals surface area (Å²) in [4.78, 5) is 30.6. The third-order valence-corrected chi connectivity index (χ3v) is 4.55. The summed E-state index contributed by atoms with van der Waals surface area (Å²) in [5, 5.41) is 9.78. The van der Waals surface area contributed by atoms with Crippen molar-refractivity contribution in [1.29, 1.82) is 0 Å². The molecule has 7 nitrogen and oxygen atoms in total. The first-order valence-corrected chi connectivity index (χ1v) is 8.33. The molecule has 3 aromatic rings. The number of carboxylic acid groups (broad SMARTS) is 1. The van der Waals surface area contributed by atoms with E-state index in [1.54, 1.807) is 31.0 Å². The zero-order valence-electron chi connectivity index (χ0n) is 14.0. The molecule has 0 unspecified atom stereocenters. The van der Waals surface area contributed by atoms with Crippen LogP contribution in [0.25, 0.3) is 11.3 Å². The molecular formula is C19H17N5O2. The van der Waals surface area contributed by atoms with Crippen LogP contribution in [-0.2, 0) is 19.5 Å². The Labute approximate surface area is 150 Å². The standard InChI is InChI=1S/C19H17N5O2/c25-19(26)17-16-3-6-24(10-13-1-4-20-5-2-13)11-15(16)9-23-18(17)14-7-21-12-22-8-14/h1-2,4-5,7-9,12H,3,6,10-11H2,(H,25,26). The molecule has 0 aromatic carbocycles. The van der Waals surface area contributed by atoms with Gasteiger partial charge in [0.05, 0.1) is 11.3 Å². The molecule has 4 heterocycles. The monoisotopic (exact) mass is 347 g/mol. The Bertz CT molecular complexity index is 931. The molecule has 0 saturated heterocycles. The number of fused-ring (bicyclic) bond motifs is 1. The number of hydrogen-bond donors (Lipinski definition) is 1. The lowest BCUT2D eigenvalue weighted by molar-refractivity contribution is 0.0695. The van der Waals surface area contributed by atoms with Crippen molar-refractivity contribution >= 4 is 5.97 Å². The van der Waals surface area contributed by atoms with E-state index in [1.165, 1.54) is 11.9 Å². The van der Waals surface area contributed by atoms with Crippen molar-refractivity contribution in [1.82, 2.24) is 24.8 Å². The van der Waals surface area contributed by atoms with Gasteiger partial charge < -0.3 is 5.11 Å². The molecule has 26 heavy (non-hydrogen) atoms. The largest absolute Gasteiger partial charge is 0.478 e. The van der Waals surface area contributed by atoms with Gasteiger partial charge in [0.2, 0.25) is 0 Å². The van der Waals surface area contributed by atoms with Gasteiger partial charge in [0.1, 0.15) is 6.33 Å². The van der Waals surface area contributed by atoms with E-state index in [9.17, 15) is 9.90 Å². The van der Waals surface area contributed by atoms with E-state index in [2.05, 4.69) is 24.8 Å². The highest BCUT2D eigenvalue weighted by Crippen LogP contribution is 2.29. The normalized spacial score (nSPS) is 14.0. The van der Waals surface area contributed by atoms with Crippen molar-refractivity contribution in [2.45, 2.75) is 19.5 Å². The first-order chi connectivity index (χ1) is 12.7. The maximum atomic E-state index is 11.9. The van der Waals surface area contributed by atoms with Crippen LogP contribution in [0.15, 0.2) is 49.4 Å². The highest BCUT2D eigenvalue weighted by molar-refractivity contribution is 5.96. The van der Waals surface area contributed by atoms with Crippen LogP contribution in [0, 0.1) is 0 Å². The third-order valence-electron chi connectivity index (χ3n) is 4.55. The predicted octanol–water partition coefficient (Wildman–Crippen LogP) is 2.19. The number of rotatable bonds is 4. The lowest BCUT2D eigenvalue weighted by Crippen LogP contribution is -2.31. The van der Waals surface area contributed by atoms with Crippen LogP contribution in [0.1, 0.15) is 27.0 Å². The number of aromatic carboxylic acids is 1. The van der Waals surface area contributed by atoms with E-state index in [4.69, 9.17) is 0 Å². The van der Waals surface area contributed by atoms with Crippen LogP contribution in [0.3, 0.4) is 0 Å². The summed E-state index contributed by atoms with van der Waals surface area (Å²) in [6, 6.07) is 3.99. The van der Waals surface area contributed by atoms with Gasteiger partial charge in [-0.05, 0) is 35.2 Å².